The number of rotatable bonds is 2. The van der Waals surface area contributed by atoms with E-state index in [9.17, 15) is 10.1 Å². The van der Waals surface area contributed by atoms with Crippen molar-refractivity contribution in [2.75, 3.05) is 31.1 Å². The fourth-order valence-corrected chi connectivity index (χ4v) is 2.89. The summed E-state index contributed by atoms with van der Waals surface area (Å²) in [7, 11) is 0. The van der Waals surface area contributed by atoms with Crippen LogP contribution in [0.1, 0.15) is 11.3 Å². The Morgan fingerprint density at radius 3 is 2.64 bits per heavy atom. The van der Waals surface area contributed by atoms with Crippen LogP contribution in [0.25, 0.3) is 11.1 Å². The van der Waals surface area contributed by atoms with Gasteiger partial charge in [0.2, 0.25) is 0 Å². The van der Waals surface area contributed by atoms with Crippen LogP contribution in [0.2, 0.25) is 0 Å². The topological polar surface area (TPSA) is 71.9 Å². The second-order valence-corrected chi connectivity index (χ2v) is 5.44. The van der Waals surface area contributed by atoms with Crippen molar-refractivity contribution in [3.05, 3.63) is 51.9 Å². The molecule has 1 saturated heterocycles. The minimum atomic E-state index is -0.326. The molecule has 0 atom stereocenters. The predicted molar refractivity (Wildman–Crippen MR) is 87.0 cm³/mol. The molecule has 2 heterocycles. The number of para-hydroxylation sites is 1. The quantitative estimate of drug-likeness (QED) is 0.883. The maximum atomic E-state index is 12.1. The van der Waals surface area contributed by atoms with E-state index in [2.05, 4.69) is 21.3 Å². The van der Waals surface area contributed by atoms with Crippen molar-refractivity contribution in [3.63, 3.8) is 0 Å². The molecule has 0 aliphatic carbocycles. The SMILES string of the molecule is Cc1cc(-c2ccccc2N2CCNCC2)c(C#N)c(=O)[nH]1. The monoisotopic (exact) mass is 294 g/mol. The first-order valence-electron chi connectivity index (χ1n) is 7.40. The van der Waals surface area contributed by atoms with Crippen LogP contribution in [-0.2, 0) is 0 Å². The van der Waals surface area contributed by atoms with Gasteiger partial charge in [0.1, 0.15) is 11.6 Å². The molecule has 0 unspecified atom stereocenters. The summed E-state index contributed by atoms with van der Waals surface area (Å²) in [5.74, 6) is 0. The van der Waals surface area contributed by atoms with Crippen molar-refractivity contribution >= 4 is 5.69 Å². The average Bonchev–Trinajstić information content (AvgIpc) is 2.55. The lowest BCUT2D eigenvalue weighted by atomic mass is 9.98. The first-order valence-corrected chi connectivity index (χ1v) is 7.40. The van der Waals surface area contributed by atoms with Crippen LogP contribution in [0.4, 0.5) is 5.69 Å². The molecule has 0 saturated carbocycles. The molecule has 0 amide bonds. The molecule has 0 spiro atoms. The van der Waals surface area contributed by atoms with Gasteiger partial charge in [0, 0.05) is 48.7 Å². The molecule has 2 N–H and O–H groups in total. The van der Waals surface area contributed by atoms with Crippen molar-refractivity contribution in [1.29, 1.82) is 5.26 Å². The maximum Gasteiger partial charge on any atom is 0.266 e. The minimum Gasteiger partial charge on any atom is -0.368 e. The van der Waals surface area contributed by atoms with E-state index in [-0.39, 0.29) is 11.1 Å². The molecule has 3 rings (SSSR count). The molecule has 1 aromatic heterocycles. The number of piperazine rings is 1. The molecule has 0 radical (unpaired) electrons. The summed E-state index contributed by atoms with van der Waals surface area (Å²) < 4.78 is 0. The number of nitriles is 1. The number of benzene rings is 1. The van der Waals surface area contributed by atoms with Gasteiger partial charge in [-0.3, -0.25) is 4.79 Å². The molecule has 1 aliphatic rings. The van der Waals surface area contributed by atoms with Crippen molar-refractivity contribution < 1.29 is 0 Å². The average molecular weight is 294 g/mol. The van der Waals surface area contributed by atoms with Crippen LogP contribution in [0, 0.1) is 18.3 Å². The highest BCUT2D eigenvalue weighted by atomic mass is 16.1. The Morgan fingerprint density at radius 2 is 1.91 bits per heavy atom. The van der Waals surface area contributed by atoms with Crippen LogP contribution in [0.15, 0.2) is 35.1 Å². The Hall–Kier alpha value is -2.58. The third kappa shape index (κ3) is 2.61. The molecule has 1 aliphatic heterocycles. The fourth-order valence-electron chi connectivity index (χ4n) is 2.89. The Balaban J connectivity index is 2.17. The highest BCUT2D eigenvalue weighted by Crippen LogP contribution is 2.32. The number of hydrogen-bond donors (Lipinski definition) is 2. The zero-order valence-electron chi connectivity index (χ0n) is 12.5. The van der Waals surface area contributed by atoms with E-state index < -0.39 is 0 Å². The third-order valence-electron chi connectivity index (χ3n) is 3.93. The highest BCUT2D eigenvalue weighted by molar-refractivity contribution is 5.82. The molecule has 2 aromatic rings. The summed E-state index contributed by atoms with van der Waals surface area (Å²) in [6, 6.07) is 11.9. The summed E-state index contributed by atoms with van der Waals surface area (Å²) in [4.78, 5) is 17.0. The number of aromatic nitrogens is 1. The Morgan fingerprint density at radius 1 is 1.18 bits per heavy atom. The van der Waals surface area contributed by atoms with Gasteiger partial charge >= 0.3 is 0 Å². The second kappa shape index (κ2) is 6.04. The number of hydrogen-bond acceptors (Lipinski definition) is 4. The summed E-state index contributed by atoms with van der Waals surface area (Å²) in [5.41, 5.74) is 3.33. The summed E-state index contributed by atoms with van der Waals surface area (Å²) in [6.45, 7) is 5.54. The summed E-state index contributed by atoms with van der Waals surface area (Å²) in [5, 5.41) is 12.7. The fraction of sp³-hybridized carbons (Fsp3) is 0.294. The van der Waals surface area contributed by atoms with Gasteiger partial charge in [-0.25, -0.2) is 0 Å². The molecular weight excluding hydrogens is 276 g/mol. The van der Waals surface area contributed by atoms with Crippen molar-refractivity contribution in [2.45, 2.75) is 6.92 Å². The van der Waals surface area contributed by atoms with Crippen LogP contribution in [0.5, 0.6) is 0 Å². The Bertz CT molecular complexity index is 782. The van der Waals surface area contributed by atoms with E-state index in [1.165, 1.54) is 0 Å². The zero-order chi connectivity index (χ0) is 15.5. The van der Waals surface area contributed by atoms with Gasteiger partial charge in [-0.2, -0.15) is 5.26 Å². The lowest BCUT2D eigenvalue weighted by molar-refractivity contribution is 0.589. The van der Waals surface area contributed by atoms with Crippen LogP contribution < -0.4 is 15.8 Å². The number of H-pyrrole nitrogens is 1. The van der Waals surface area contributed by atoms with E-state index in [0.29, 0.717) is 5.56 Å². The number of aryl methyl sites for hydroxylation is 1. The van der Waals surface area contributed by atoms with E-state index in [4.69, 9.17) is 0 Å². The highest BCUT2D eigenvalue weighted by Gasteiger charge is 2.18. The zero-order valence-corrected chi connectivity index (χ0v) is 12.5. The Kier molecular flexibility index (Phi) is 3.94. The molecule has 5 nitrogen and oxygen atoms in total. The van der Waals surface area contributed by atoms with Crippen LogP contribution >= 0.6 is 0 Å². The van der Waals surface area contributed by atoms with E-state index in [1.807, 2.05) is 37.3 Å². The molecule has 112 valence electrons. The predicted octanol–water partition coefficient (Wildman–Crippen LogP) is 1.63. The van der Waals surface area contributed by atoms with Gasteiger partial charge in [0.15, 0.2) is 0 Å². The number of nitrogens with zero attached hydrogens (tertiary/aromatic N) is 2. The van der Waals surface area contributed by atoms with E-state index >= 15 is 0 Å². The third-order valence-corrected chi connectivity index (χ3v) is 3.93. The van der Waals surface area contributed by atoms with Crippen molar-refractivity contribution in [1.82, 2.24) is 10.3 Å². The van der Waals surface area contributed by atoms with Gasteiger partial charge in [0.05, 0.1) is 0 Å². The number of pyridine rings is 1. The van der Waals surface area contributed by atoms with Gasteiger partial charge in [-0.1, -0.05) is 18.2 Å². The minimum absolute atomic E-state index is 0.174. The number of aromatic amines is 1. The van der Waals surface area contributed by atoms with Crippen molar-refractivity contribution in [2.24, 2.45) is 0 Å². The lowest BCUT2D eigenvalue weighted by Crippen LogP contribution is -2.43. The first kappa shape index (κ1) is 14.4. The standard InChI is InChI=1S/C17H18N4O/c1-12-10-14(15(11-18)17(22)20-12)13-4-2-3-5-16(13)21-8-6-19-7-9-21/h2-5,10,19H,6-9H2,1H3,(H,20,22). The van der Waals surface area contributed by atoms with E-state index in [0.717, 1.165) is 43.1 Å². The summed E-state index contributed by atoms with van der Waals surface area (Å²) in [6.07, 6.45) is 0. The van der Waals surface area contributed by atoms with Crippen LogP contribution in [0.3, 0.4) is 0 Å². The molecular formula is C17H18N4O. The van der Waals surface area contributed by atoms with E-state index in [1.54, 1.807) is 0 Å². The van der Waals surface area contributed by atoms with Gasteiger partial charge in [-0.15, -0.1) is 0 Å². The largest absolute Gasteiger partial charge is 0.368 e. The van der Waals surface area contributed by atoms with Gasteiger partial charge in [-0.05, 0) is 19.1 Å². The molecule has 5 heteroatoms. The Labute approximate surface area is 129 Å². The second-order valence-electron chi connectivity index (χ2n) is 5.44. The lowest BCUT2D eigenvalue weighted by Gasteiger charge is -2.31. The molecule has 22 heavy (non-hydrogen) atoms. The normalized spacial score (nSPS) is 14.6. The van der Waals surface area contributed by atoms with Gasteiger partial charge in [0.25, 0.3) is 5.56 Å². The molecule has 0 bridgehead atoms. The molecule has 1 aromatic carbocycles. The number of nitrogens with one attached hydrogen (secondary N) is 2. The summed E-state index contributed by atoms with van der Waals surface area (Å²) >= 11 is 0. The maximum absolute atomic E-state index is 12.1. The van der Waals surface area contributed by atoms with Gasteiger partial charge < -0.3 is 15.2 Å². The molecule has 1 fully saturated rings. The smallest absolute Gasteiger partial charge is 0.266 e. The number of anilines is 1. The van der Waals surface area contributed by atoms with Crippen LogP contribution in [-0.4, -0.2) is 31.2 Å². The van der Waals surface area contributed by atoms with Crippen molar-refractivity contribution in [3.8, 4) is 17.2 Å². The first-order chi connectivity index (χ1) is 10.7.